The molecule has 0 radical (unpaired) electrons. The quantitative estimate of drug-likeness (QED) is 0.0868. The van der Waals surface area contributed by atoms with Crippen LogP contribution in [0.3, 0.4) is 0 Å². The number of nitrogens with zero attached hydrogens (tertiary/aromatic N) is 9. The largest absolute Gasteiger partial charge is 0.390 e. The molecular weight excluding hydrogens is 1210 g/mol. The maximum Gasteiger partial charge on any atom is 0.246 e. The first kappa shape index (κ1) is 86.8. The molecule has 1 saturated heterocycles. The van der Waals surface area contributed by atoms with Crippen LogP contribution in [0.15, 0.2) is 12.2 Å². The van der Waals surface area contributed by atoms with E-state index in [-0.39, 0.29) is 67.9 Å². The van der Waals surface area contributed by atoms with Gasteiger partial charge in [-0.05, 0) is 148 Å². The molecule has 1 rings (SSSR count). The van der Waals surface area contributed by atoms with E-state index in [1.165, 1.54) is 92.6 Å². The van der Waals surface area contributed by atoms with Gasteiger partial charge in [0, 0.05) is 61.4 Å². The van der Waals surface area contributed by atoms with Crippen LogP contribution in [0.1, 0.15) is 190 Å². The number of carbonyl (C=O) groups is 11. The predicted molar refractivity (Wildman–Crippen MR) is 374 cm³/mol. The fourth-order valence-electron chi connectivity index (χ4n) is 12.2. The first-order valence-corrected chi connectivity index (χ1v) is 34.8. The lowest BCUT2D eigenvalue weighted by molar-refractivity contribution is -0.157. The Hall–Kier alpha value is -6.17. The monoisotopic (exact) mass is 1340 g/mol. The number of hydrogen-bond donors (Lipinski definition) is 4. The van der Waals surface area contributed by atoms with Gasteiger partial charge in [-0.3, -0.25) is 52.7 Å². The summed E-state index contributed by atoms with van der Waals surface area (Å²) in [4.78, 5) is 177. The lowest BCUT2D eigenvalue weighted by Gasteiger charge is -2.41. The number of aliphatic hydroxyl groups excluding tert-OH is 1. The summed E-state index contributed by atoms with van der Waals surface area (Å²) < 4.78 is 0. The smallest absolute Gasteiger partial charge is 0.246 e. The van der Waals surface area contributed by atoms with Gasteiger partial charge in [0.2, 0.25) is 65.0 Å². The maximum absolute atomic E-state index is 15.7. The summed E-state index contributed by atoms with van der Waals surface area (Å²) >= 11 is 0. The van der Waals surface area contributed by atoms with Crippen molar-refractivity contribution in [1.82, 2.24) is 60.0 Å². The van der Waals surface area contributed by atoms with Gasteiger partial charge in [0.1, 0.15) is 60.4 Å². The highest BCUT2D eigenvalue weighted by atomic mass is 16.3. The fourth-order valence-corrected chi connectivity index (χ4v) is 12.2. The van der Waals surface area contributed by atoms with Crippen LogP contribution in [-0.4, -0.2) is 262 Å². The van der Waals surface area contributed by atoms with Crippen molar-refractivity contribution in [3.8, 4) is 0 Å². The Labute approximate surface area is 572 Å². The van der Waals surface area contributed by atoms with E-state index in [9.17, 15) is 33.9 Å². The van der Waals surface area contributed by atoms with Gasteiger partial charge in [-0.1, -0.05) is 109 Å². The van der Waals surface area contributed by atoms with Crippen LogP contribution in [0.4, 0.5) is 0 Å². The van der Waals surface area contributed by atoms with Crippen LogP contribution in [-0.2, 0) is 52.7 Å². The van der Waals surface area contributed by atoms with Crippen LogP contribution in [0.2, 0.25) is 0 Å². The number of rotatable bonds is 20. The summed E-state index contributed by atoms with van der Waals surface area (Å²) in [5, 5.41) is 20.5. The molecule has 0 bridgehead atoms. The molecule has 0 aromatic carbocycles. The summed E-state index contributed by atoms with van der Waals surface area (Å²) in [6.45, 7) is 36.9. The Balaban J connectivity index is 4.53. The highest BCUT2D eigenvalue weighted by Crippen LogP contribution is 2.27. The van der Waals surface area contributed by atoms with Crippen molar-refractivity contribution in [2.75, 3.05) is 76.0 Å². The molecule has 0 aromatic heterocycles. The van der Waals surface area contributed by atoms with Crippen molar-refractivity contribution in [1.29, 1.82) is 0 Å². The molecule has 0 saturated carbocycles. The van der Waals surface area contributed by atoms with Gasteiger partial charge in [0.25, 0.3) is 0 Å². The molecule has 0 aliphatic carbocycles. The molecular formula is C71H130N12O12. The molecule has 1 fully saturated rings. The molecule has 0 aromatic rings. The average molecular weight is 1340 g/mol. The first-order chi connectivity index (χ1) is 43.7. The van der Waals surface area contributed by atoms with E-state index in [0.717, 1.165) is 9.80 Å². The van der Waals surface area contributed by atoms with Crippen LogP contribution in [0, 0.1) is 41.4 Å². The number of unbranched alkanes of at least 4 members (excludes halogenated alkanes) is 1. The SMILES string of the molecule is C/C=C/C[C@@H](C)[C@@H](O)[C@H]1C(=O)N[C@@H](CC)C(=O)N(C)CC(=O)N(C)[C@@H](CC(C)C)C(=O)N(CCCCN(C)C(C)(C)C)[C@@H](C(C)C)C(=O)N(C)[C@@H](CC(C)C)C(=O)N[C@@H](C)C(=O)N[C@H](C)C(=O)N(C)[C@@H](CC(C)C)C(=O)N(C)[C@@H](CC(C)C)C(=O)N(C)[C@@H](C(C)C)C(=O)N1C. The van der Waals surface area contributed by atoms with Crippen molar-refractivity contribution >= 4 is 65.0 Å². The van der Waals surface area contributed by atoms with Crippen molar-refractivity contribution in [2.24, 2.45) is 41.4 Å². The molecule has 1 heterocycles. The number of allylic oxidation sites excluding steroid dienone is 2. The van der Waals surface area contributed by atoms with Crippen molar-refractivity contribution < 1.29 is 57.8 Å². The minimum atomic E-state index is -1.62. The third kappa shape index (κ3) is 25.0. The number of likely N-dealkylation sites (N-methyl/N-ethyl adjacent to an activating group) is 7. The second-order valence-electron chi connectivity index (χ2n) is 30.4. The molecule has 24 nitrogen and oxygen atoms in total. The van der Waals surface area contributed by atoms with E-state index >= 15 is 24.0 Å². The molecule has 4 N–H and O–H groups in total. The molecule has 0 spiro atoms. The molecule has 95 heavy (non-hydrogen) atoms. The number of carbonyl (C=O) groups excluding carboxylic acids is 11. The van der Waals surface area contributed by atoms with Gasteiger partial charge in [-0.25, -0.2) is 0 Å². The number of aliphatic hydroxyl groups is 1. The molecule has 1 aliphatic rings. The van der Waals surface area contributed by atoms with Gasteiger partial charge >= 0.3 is 0 Å². The summed E-state index contributed by atoms with van der Waals surface area (Å²) in [7, 11) is 12.1. The normalized spacial score (nSPS) is 25.7. The highest BCUT2D eigenvalue weighted by molar-refractivity contribution is 5.99. The summed E-state index contributed by atoms with van der Waals surface area (Å²) in [6, 6.07) is -12.4. The topological polar surface area (TPSA) is 273 Å². The van der Waals surface area contributed by atoms with Gasteiger partial charge in [0.15, 0.2) is 0 Å². The fraction of sp³-hybridized carbons (Fsp3) is 0.817. The average Bonchev–Trinajstić information content (AvgIpc) is 0.815. The van der Waals surface area contributed by atoms with E-state index in [0.29, 0.717) is 25.8 Å². The lowest BCUT2D eigenvalue weighted by atomic mass is 9.91. The first-order valence-electron chi connectivity index (χ1n) is 34.8. The van der Waals surface area contributed by atoms with Gasteiger partial charge < -0.3 is 65.2 Å². The third-order valence-electron chi connectivity index (χ3n) is 18.6. The zero-order chi connectivity index (χ0) is 73.8. The summed E-state index contributed by atoms with van der Waals surface area (Å²) in [5.41, 5.74) is -0.156. The molecule has 12 atom stereocenters. The van der Waals surface area contributed by atoms with Crippen molar-refractivity contribution in [3.05, 3.63) is 12.2 Å². The second-order valence-corrected chi connectivity index (χ2v) is 30.4. The van der Waals surface area contributed by atoms with Crippen LogP contribution < -0.4 is 16.0 Å². The Kier molecular flexibility index (Phi) is 35.9. The highest BCUT2D eigenvalue weighted by Gasteiger charge is 2.47. The van der Waals surface area contributed by atoms with E-state index in [1.807, 2.05) is 89.3 Å². The van der Waals surface area contributed by atoms with Gasteiger partial charge in [0.05, 0.1) is 12.6 Å². The standard InChI is InChI=1S/C71H130N12O12/c1-29-31-34-48(15)60(85)59-63(88)74-51(30-2)65(90)75(21)41-56(84)77(23)55(40-45(9)10)68(93)83(36-33-32-35-76(22)71(18,19)20)58(47(13)14)70(95)78(24)52(37-42(3)4)62(87)72-49(16)61(86)73-50(17)64(89)79(25)53(38-43(5)6)66(91)80(26)54(39-44(7)8)67(92)81(27)57(46(11)12)69(94)82(59)28/h29,31,42-55,57-60,85H,30,32-41H2,1-28H3,(H,72,87)(H,73,86)(H,74,88)/b31-29+/t48-,49+,50-,51+,52+,53+,54+,55+,57+,58+,59+,60-/m1/s1. The Bertz CT molecular complexity index is 2590. The Morgan fingerprint density at radius 1 is 0.505 bits per heavy atom. The van der Waals surface area contributed by atoms with Crippen LogP contribution >= 0.6 is 0 Å². The number of nitrogens with one attached hydrogen (secondary N) is 3. The minimum Gasteiger partial charge on any atom is -0.390 e. The van der Waals surface area contributed by atoms with E-state index in [2.05, 4.69) is 41.6 Å². The molecule has 24 heteroatoms. The van der Waals surface area contributed by atoms with E-state index in [4.69, 9.17) is 0 Å². The van der Waals surface area contributed by atoms with E-state index in [1.54, 1.807) is 33.8 Å². The molecule has 1 aliphatic heterocycles. The zero-order valence-electron chi connectivity index (χ0n) is 63.8. The number of amides is 11. The van der Waals surface area contributed by atoms with Crippen LogP contribution in [0.25, 0.3) is 0 Å². The predicted octanol–water partition coefficient (Wildman–Crippen LogP) is 5.49. The van der Waals surface area contributed by atoms with Crippen LogP contribution in [0.5, 0.6) is 0 Å². The third-order valence-corrected chi connectivity index (χ3v) is 18.6. The summed E-state index contributed by atoms with van der Waals surface area (Å²) in [6.07, 6.45) is 4.16. The number of hydrogen-bond acceptors (Lipinski definition) is 13. The molecule has 0 unspecified atom stereocenters. The van der Waals surface area contributed by atoms with Crippen molar-refractivity contribution in [3.63, 3.8) is 0 Å². The maximum atomic E-state index is 15.7. The Morgan fingerprint density at radius 2 is 0.926 bits per heavy atom. The van der Waals surface area contributed by atoms with E-state index < -0.39 is 156 Å². The molecule has 546 valence electrons. The van der Waals surface area contributed by atoms with Gasteiger partial charge in [-0.2, -0.15) is 0 Å². The lowest BCUT2D eigenvalue weighted by Crippen LogP contribution is -2.63. The molecule has 11 amide bonds. The van der Waals surface area contributed by atoms with Gasteiger partial charge in [-0.15, -0.1) is 0 Å². The second kappa shape index (κ2) is 39.3. The van der Waals surface area contributed by atoms with Crippen molar-refractivity contribution in [2.45, 2.75) is 262 Å². The minimum absolute atomic E-state index is 0.0195. The Morgan fingerprint density at radius 3 is 1.38 bits per heavy atom. The summed E-state index contributed by atoms with van der Waals surface area (Å²) in [5.74, 6) is -9.50. The zero-order valence-corrected chi connectivity index (χ0v) is 63.8.